The Morgan fingerprint density at radius 1 is 0.185 bits per heavy atom. The van der Waals surface area contributed by atoms with Crippen molar-refractivity contribution in [3.8, 4) is 78.6 Å². The van der Waals surface area contributed by atoms with Crippen LogP contribution >= 0.6 is 0 Å². The van der Waals surface area contributed by atoms with Gasteiger partial charge in [0.1, 0.15) is 23.0 Å². The van der Waals surface area contributed by atoms with Gasteiger partial charge in [-0.1, -0.05) is 158 Å². The average molecular weight is 687 g/mol. The molecule has 0 unspecified atom stereocenters. The molecule has 0 aliphatic carbocycles. The molecule has 2 nitrogen and oxygen atoms in total. The van der Waals surface area contributed by atoms with Crippen LogP contribution in [-0.2, 0) is 0 Å². The van der Waals surface area contributed by atoms with Gasteiger partial charge in [-0.05, 0) is 101 Å². The Bertz CT molecular complexity index is 3060. The van der Waals surface area contributed by atoms with Crippen molar-refractivity contribution in [1.82, 2.24) is 0 Å². The molecule has 0 saturated carbocycles. The van der Waals surface area contributed by atoms with Crippen LogP contribution in [0.15, 0.2) is 182 Å². The van der Waals surface area contributed by atoms with Gasteiger partial charge in [0.15, 0.2) is 0 Å². The molecule has 0 saturated heterocycles. The van der Waals surface area contributed by atoms with Crippen LogP contribution in [0.5, 0.6) is 23.0 Å². The Kier molecular flexibility index (Phi) is 6.09. The lowest BCUT2D eigenvalue weighted by molar-refractivity contribution is 0.487. The molecule has 0 atom stereocenters. The van der Waals surface area contributed by atoms with Crippen LogP contribution in [0.4, 0.5) is 0 Å². The predicted molar refractivity (Wildman–Crippen MR) is 224 cm³/mol. The summed E-state index contributed by atoms with van der Waals surface area (Å²) in [4.78, 5) is 0. The zero-order valence-electron chi connectivity index (χ0n) is 29.1. The van der Waals surface area contributed by atoms with E-state index in [1.807, 2.05) is 12.1 Å². The third kappa shape index (κ3) is 4.11. The summed E-state index contributed by atoms with van der Waals surface area (Å²) in [6.45, 7) is 0. The summed E-state index contributed by atoms with van der Waals surface area (Å²) in [5.41, 5.74) is 12.0. The summed E-state index contributed by atoms with van der Waals surface area (Å²) in [5, 5.41) is 9.63. The summed E-state index contributed by atoms with van der Waals surface area (Å²) in [7, 11) is 0. The highest BCUT2D eigenvalue weighted by Crippen LogP contribution is 2.51. The van der Waals surface area contributed by atoms with Gasteiger partial charge in [0.25, 0.3) is 0 Å². The van der Waals surface area contributed by atoms with Gasteiger partial charge in [0, 0.05) is 21.9 Å². The summed E-state index contributed by atoms with van der Waals surface area (Å²) >= 11 is 0. The molecule has 12 rings (SSSR count). The van der Waals surface area contributed by atoms with Gasteiger partial charge in [-0.15, -0.1) is 0 Å². The number of hydrogen-bond acceptors (Lipinski definition) is 2. The van der Waals surface area contributed by atoms with Crippen LogP contribution in [0.3, 0.4) is 0 Å². The SMILES string of the molecule is c1ccc2c(c1)Oc1ccc(-c3ccc(-c4ccc(-c5ccc6c7c(cccc57)Oc5ccccc5-6)c5ccccc45)c4ccccc34)c3cccc-2c13. The molecule has 54 heavy (non-hydrogen) atoms. The Balaban J connectivity index is 1.04. The van der Waals surface area contributed by atoms with Crippen LogP contribution in [0, 0.1) is 0 Å². The Hall–Kier alpha value is -7.16. The third-order valence-corrected chi connectivity index (χ3v) is 11.5. The van der Waals surface area contributed by atoms with Gasteiger partial charge in [-0.3, -0.25) is 0 Å². The van der Waals surface area contributed by atoms with Crippen molar-refractivity contribution in [3.63, 3.8) is 0 Å². The van der Waals surface area contributed by atoms with E-state index in [9.17, 15) is 0 Å². The maximum atomic E-state index is 6.44. The fourth-order valence-corrected chi connectivity index (χ4v) is 9.17. The largest absolute Gasteiger partial charge is 0.456 e. The zero-order chi connectivity index (χ0) is 35.3. The summed E-state index contributed by atoms with van der Waals surface area (Å²) in [6, 6.07) is 65.6. The molecule has 0 spiro atoms. The van der Waals surface area contributed by atoms with E-state index in [-0.39, 0.29) is 0 Å². The fourth-order valence-electron chi connectivity index (χ4n) is 9.17. The first-order valence-electron chi connectivity index (χ1n) is 18.5. The molecule has 0 bridgehead atoms. The number of hydrogen-bond donors (Lipinski definition) is 0. The first-order chi connectivity index (χ1) is 26.8. The molecular formula is C52H30O2. The van der Waals surface area contributed by atoms with Crippen molar-refractivity contribution < 1.29 is 9.47 Å². The van der Waals surface area contributed by atoms with Crippen molar-refractivity contribution in [2.24, 2.45) is 0 Å². The minimum absolute atomic E-state index is 0.905. The molecule has 0 fully saturated rings. The Morgan fingerprint density at radius 3 is 0.981 bits per heavy atom. The van der Waals surface area contributed by atoms with Gasteiger partial charge >= 0.3 is 0 Å². The lowest BCUT2D eigenvalue weighted by atomic mass is 9.85. The molecule has 250 valence electrons. The molecule has 10 aromatic carbocycles. The zero-order valence-corrected chi connectivity index (χ0v) is 29.1. The number of ether oxygens (including phenoxy) is 2. The highest BCUT2D eigenvalue weighted by atomic mass is 16.5. The standard InChI is InChI=1S/C52H30O2/c1-3-13-33-31(11-1)35(23-25-37(33)39-27-28-46-42-16-6-8-21-48(42)53-49-22-10-19-44(39)52(46)49)36-24-26-38(34-14-4-2-12-32(34)36)40-29-30-50-51-43(40)17-9-18-45(51)41-15-5-7-20-47(41)54-50/h1-30H. The summed E-state index contributed by atoms with van der Waals surface area (Å²) < 4.78 is 12.9. The smallest absolute Gasteiger partial charge is 0.135 e. The molecule has 0 N–H and O–H groups in total. The van der Waals surface area contributed by atoms with Crippen LogP contribution in [0.1, 0.15) is 0 Å². The third-order valence-electron chi connectivity index (χ3n) is 11.5. The number of rotatable bonds is 3. The molecule has 10 aromatic rings. The molecule has 2 aliphatic heterocycles. The monoisotopic (exact) mass is 686 g/mol. The number of benzene rings is 10. The normalized spacial score (nSPS) is 12.4. The van der Waals surface area contributed by atoms with E-state index in [1.165, 1.54) is 76.8 Å². The Labute approximate surface area is 312 Å². The fraction of sp³-hybridized carbons (Fsp3) is 0. The van der Waals surface area contributed by atoms with Gasteiger partial charge in [0.2, 0.25) is 0 Å². The molecule has 2 heteroatoms. The van der Waals surface area contributed by atoms with Crippen LogP contribution in [0.2, 0.25) is 0 Å². The van der Waals surface area contributed by atoms with Crippen molar-refractivity contribution in [2.45, 2.75) is 0 Å². The first kappa shape index (κ1) is 29.4. The van der Waals surface area contributed by atoms with Crippen LogP contribution in [-0.4, -0.2) is 0 Å². The van der Waals surface area contributed by atoms with E-state index >= 15 is 0 Å². The molecule has 2 heterocycles. The topological polar surface area (TPSA) is 18.5 Å². The quantitative estimate of drug-likeness (QED) is 0.184. The molecular weight excluding hydrogens is 657 g/mol. The maximum absolute atomic E-state index is 6.44. The van der Waals surface area contributed by atoms with Crippen LogP contribution in [0.25, 0.3) is 98.7 Å². The highest BCUT2D eigenvalue weighted by Gasteiger charge is 2.24. The molecule has 0 amide bonds. The highest BCUT2D eigenvalue weighted by molar-refractivity contribution is 6.18. The van der Waals surface area contributed by atoms with Gasteiger partial charge in [-0.2, -0.15) is 0 Å². The lowest BCUT2D eigenvalue weighted by Crippen LogP contribution is -1.98. The summed E-state index contributed by atoms with van der Waals surface area (Å²) in [6.07, 6.45) is 0. The number of fused-ring (bicyclic) bond motifs is 6. The van der Waals surface area contributed by atoms with E-state index in [4.69, 9.17) is 9.47 Å². The molecule has 0 aromatic heterocycles. The van der Waals surface area contributed by atoms with Crippen molar-refractivity contribution in [3.05, 3.63) is 182 Å². The van der Waals surface area contributed by atoms with E-state index in [0.717, 1.165) is 44.9 Å². The second kappa shape index (κ2) is 11.2. The summed E-state index contributed by atoms with van der Waals surface area (Å²) in [5.74, 6) is 3.62. The maximum Gasteiger partial charge on any atom is 0.135 e. The van der Waals surface area contributed by atoms with Gasteiger partial charge in [-0.25, -0.2) is 0 Å². The van der Waals surface area contributed by atoms with E-state index < -0.39 is 0 Å². The van der Waals surface area contributed by atoms with Crippen LogP contribution < -0.4 is 9.47 Å². The van der Waals surface area contributed by atoms with Crippen molar-refractivity contribution in [1.29, 1.82) is 0 Å². The number of para-hydroxylation sites is 2. The molecule has 2 aliphatic rings. The minimum atomic E-state index is 0.905. The first-order valence-corrected chi connectivity index (χ1v) is 18.5. The second-order valence-corrected chi connectivity index (χ2v) is 14.3. The minimum Gasteiger partial charge on any atom is -0.456 e. The van der Waals surface area contributed by atoms with Gasteiger partial charge < -0.3 is 9.47 Å². The Morgan fingerprint density at radius 2 is 0.481 bits per heavy atom. The van der Waals surface area contributed by atoms with Crippen molar-refractivity contribution >= 4 is 43.1 Å². The van der Waals surface area contributed by atoms with E-state index in [2.05, 4.69) is 170 Å². The van der Waals surface area contributed by atoms with E-state index in [0.29, 0.717) is 0 Å². The molecule has 0 radical (unpaired) electrons. The average Bonchev–Trinajstić information content (AvgIpc) is 3.24. The van der Waals surface area contributed by atoms with Crippen molar-refractivity contribution in [2.75, 3.05) is 0 Å². The van der Waals surface area contributed by atoms with E-state index in [1.54, 1.807) is 0 Å². The van der Waals surface area contributed by atoms with Gasteiger partial charge in [0.05, 0.1) is 0 Å². The second-order valence-electron chi connectivity index (χ2n) is 14.3. The lowest BCUT2D eigenvalue weighted by Gasteiger charge is -2.23. The predicted octanol–water partition coefficient (Wildman–Crippen LogP) is 14.8.